The van der Waals surface area contributed by atoms with Crippen molar-refractivity contribution >= 4 is 0 Å². The predicted octanol–water partition coefficient (Wildman–Crippen LogP) is 6.94. The maximum atomic E-state index is 2.33. The van der Waals surface area contributed by atoms with E-state index in [0.29, 0.717) is 5.92 Å². The van der Waals surface area contributed by atoms with Crippen LogP contribution in [0, 0.1) is 0 Å². The Bertz CT molecular complexity index is 551. The normalized spacial score (nSPS) is 13.1. The monoisotopic (exact) mass is 292 g/mol. The fourth-order valence-corrected chi connectivity index (χ4v) is 3.88. The first-order valence-corrected chi connectivity index (χ1v) is 9.10. The molecule has 1 aliphatic carbocycles. The highest BCUT2D eigenvalue weighted by atomic mass is 14.3. The zero-order valence-corrected chi connectivity index (χ0v) is 13.9. The second-order valence-electron chi connectivity index (χ2n) is 6.64. The lowest BCUT2D eigenvalue weighted by Crippen LogP contribution is -1.96. The molecule has 0 atom stereocenters. The third-order valence-electron chi connectivity index (χ3n) is 5.06. The van der Waals surface area contributed by atoms with Crippen molar-refractivity contribution in [3.8, 4) is 11.1 Å². The minimum Gasteiger partial charge on any atom is -0.0654 e. The molecule has 0 nitrogen and oxygen atoms in total. The molecule has 0 unspecified atom stereocenters. The van der Waals surface area contributed by atoms with Crippen LogP contribution in [-0.4, -0.2) is 0 Å². The summed E-state index contributed by atoms with van der Waals surface area (Å²) in [5, 5.41) is 0. The highest BCUT2D eigenvalue weighted by molar-refractivity contribution is 5.78. The molecule has 0 heterocycles. The molecule has 1 aliphatic rings. The summed E-state index contributed by atoms with van der Waals surface area (Å²) in [6.45, 7) is 2.29. The minimum absolute atomic E-state index is 0.628. The molecule has 0 heteroatoms. The molecule has 0 spiro atoms. The maximum absolute atomic E-state index is 2.33. The van der Waals surface area contributed by atoms with Gasteiger partial charge in [0.05, 0.1) is 0 Å². The maximum Gasteiger partial charge on any atom is 0.0102 e. The SMILES string of the molecule is CCCCCCCCCC1c2ccccc2-c2ccccc21. The van der Waals surface area contributed by atoms with Gasteiger partial charge in [0.25, 0.3) is 0 Å². The Morgan fingerprint density at radius 3 is 1.73 bits per heavy atom. The van der Waals surface area contributed by atoms with Gasteiger partial charge < -0.3 is 0 Å². The predicted molar refractivity (Wildman–Crippen MR) is 96.3 cm³/mol. The topological polar surface area (TPSA) is 0 Å². The summed E-state index contributed by atoms with van der Waals surface area (Å²) in [4.78, 5) is 0. The van der Waals surface area contributed by atoms with Crippen LogP contribution in [-0.2, 0) is 0 Å². The fourth-order valence-electron chi connectivity index (χ4n) is 3.88. The van der Waals surface area contributed by atoms with E-state index in [1.807, 2.05) is 0 Å². The van der Waals surface area contributed by atoms with Crippen molar-refractivity contribution in [1.29, 1.82) is 0 Å². The van der Waals surface area contributed by atoms with E-state index in [2.05, 4.69) is 55.5 Å². The second kappa shape index (κ2) is 7.63. The molecule has 0 radical (unpaired) electrons. The molecule has 22 heavy (non-hydrogen) atoms. The van der Waals surface area contributed by atoms with E-state index in [1.54, 1.807) is 11.1 Å². The molecule has 0 N–H and O–H groups in total. The van der Waals surface area contributed by atoms with Crippen LogP contribution in [0.3, 0.4) is 0 Å². The Balaban J connectivity index is 1.60. The zero-order valence-electron chi connectivity index (χ0n) is 13.9. The number of unbranched alkanes of at least 4 members (excludes halogenated alkanes) is 6. The molecule has 0 bridgehead atoms. The van der Waals surface area contributed by atoms with Gasteiger partial charge in [-0.1, -0.05) is 100 Å². The molecule has 0 saturated heterocycles. The molecular formula is C22H28. The van der Waals surface area contributed by atoms with Gasteiger partial charge in [-0.05, 0) is 28.7 Å². The van der Waals surface area contributed by atoms with Crippen LogP contribution >= 0.6 is 0 Å². The Labute approximate surface area is 135 Å². The Morgan fingerprint density at radius 1 is 0.636 bits per heavy atom. The third-order valence-corrected chi connectivity index (χ3v) is 5.06. The summed E-state index contributed by atoms with van der Waals surface area (Å²) in [6.07, 6.45) is 11.1. The van der Waals surface area contributed by atoms with Gasteiger partial charge in [0.15, 0.2) is 0 Å². The Morgan fingerprint density at radius 2 is 1.14 bits per heavy atom. The van der Waals surface area contributed by atoms with Gasteiger partial charge in [-0.2, -0.15) is 0 Å². The van der Waals surface area contributed by atoms with E-state index in [1.165, 1.54) is 62.5 Å². The zero-order chi connectivity index (χ0) is 15.2. The van der Waals surface area contributed by atoms with Crippen molar-refractivity contribution < 1.29 is 0 Å². The van der Waals surface area contributed by atoms with Crippen molar-refractivity contribution in [3.05, 3.63) is 59.7 Å². The highest BCUT2D eigenvalue weighted by Gasteiger charge is 2.27. The number of hydrogen-bond acceptors (Lipinski definition) is 0. The van der Waals surface area contributed by atoms with E-state index >= 15 is 0 Å². The van der Waals surface area contributed by atoms with E-state index in [-0.39, 0.29) is 0 Å². The van der Waals surface area contributed by atoms with E-state index < -0.39 is 0 Å². The first kappa shape index (κ1) is 15.3. The van der Waals surface area contributed by atoms with Crippen LogP contribution in [0.25, 0.3) is 11.1 Å². The van der Waals surface area contributed by atoms with Gasteiger partial charge in [0.2, 0.25) is 0 Å². The summed E-state index contributed by atoms with van der Waals surface area (Å²) in [5.74, 6) is 0.628. The van der Waals surface area contributed by atoms with Crippen LogP contribution in [0.4, 0.5) is 0 Å². The van der Waals surface area contributed by atoms with Crippen LogP contribution in [0.2, 0.25) is 0 Å². The largest absolute Gasteiger partial charge is 0.0654 e. The van der Waals surface area contributed by atoms with Crippen molar-refractivity contribution in [2.45, 2.75) is 64.2 Å². The van der Waals surface area contributed by atoms with E-state index in [4.69, 9.17) is 0 Å². The van der Waals surface area contributed by atoms with Gasteiger partial charge >= 0.3 is 0 Å². The van der Waals surface area contributed by atoms with Crippen LogP contribution in [0.15, 0.2) is 48.5 Å². The lowest BCUT2D eigenvalue weighted by Gasteiger charge is -2.13. The summed E-state index contributed by atoms with van der Waals surface area (Å²) >= 11 is 0. The Kier molecular flexibility index (Phi) is 5.32. The van der Waals surface area contributed by atoms with Crippen molar-refractivity contribution in [1.82, 2.24) is 0 Å². The number of benzene rings is 2. The minimum atomic E-state index is 0.628. The van der Waals surface area contributed by atoms with Crippen molar-refractivity contribution in [3.63, 3.8) is 0 Å². The van der Waals surface area contributed by atoms with Crippen molar-refractivity contribution in [2.24, 2.45) is 0 Å². The van der Waals surface area contributed by atoms with Crippen LogP contribution in [0.5, 0.6) is 0 Å². The van der Waals surface area contributed by atoms with Gasteiger partial charge in [-0.15, -0.1) is 0 Å². The molecule has 3 rings (SSSR count). The first-order chi connectivity index (χ1) is 10.9. The average molecular weight is 292 g/mol. The smallest absolute Gasteiger partial charge is 0.0102 e. The van der Waals surface area contributed by atoms with Crippen LogP contribution < -0.4 is 0 Å². The number of hydrogen-bond donors (Lipinski definition) is 0. The summed E-state index contributed by atoms with van der Waals surface area (Å²) < 4.78 is 0. The molecule has 2 aromatic carbocycles. The lowest BCUT2D eigenvalue weighted by atomic mass is 9.91. The third kappa shape index (κ3) is 3.27. The highest BCUT2D eigenvalue weighted by Crippen LogP contribution is 2.46. The summed E-state index contributed by atoms with van der Waals surface area (Å²) in [7, 11) is 0. The average Bonchev–Trinajstić information content (AvgIpc) is 2.89. The molecule has 0 saturated carbocycles. The van der Waals surface area contributed by atoms with E-state index in [9.17, 15) is 0 Å². The van der Waals surface area contributed by atoms with Gasteiger partial charge in [0, 0.05) is 5.92 Å². The Hall–Kier alpha value is -1.56. The molecule has 0 aliphatic heterocycles. The molecule has 0 aromatic heterocycles. The first-order valence-electron chi connectivity index (χ1n) is 9.10. The molecular weight excluding hydrogens is 264 g/mol. The molecule has 2 aromatic rings. The summed E-state index contributed by atoms with van der Waals surface area (Å²) in [5.41, 5.74) is 6.03. The standard InChI is InChI=1S/C22H28/c1-2-3-4-5-6-7-8-13-18-19-14-9-11-16-21(19)22-17-12-10-15-20(18)22/h9-12,14-18H,2-8,13H2,1H3. The van der Waals surface area contributed by atoms with Gasteiger partial charge in [-0.3, -0.25) is 0 Å². The molecule has 116 valence electrons. The van der Waals surface area contributed by atoms with E-state index in [0.717, 1.165) is 0 Å². The molecule has 0 fully saturated rings. The van der Waals surface area contributed by atoms with Gasteiger partial charge in [-0.25, -0.2) is 0 Å². The fraction of sp³-hybridized carbons (Fsp3) is 0.455. The quantitative estimate of drug-likeness (QED) is 0.462. The molecule has 0 amide bonds. The van der Waals surface area contributed by atoms with Gasteiger partial charge in [0.1, 0.15) is 0 Å². The van der Waals surface area contributed by atoms with Crippen LogP contribution in [0.1, 0.15) is 75.3 Å². The van der Waals surface area contributed by atoms with Crippen molar-refractivity contribution in [2.75, 3.05) is 0 Å². The second-order valence-corrected chi connectivity index (χ2v) is 6.64. The number of rotatable bonds is 8. The number of fused-ring (bicyclic) bond motifs is 3. The summed E-state index contributed by atoms with van der Waals surface area (Å²) in [6, 6.07) is 18.0. The lowest BCUT2D eigenvalue weighted by molar-refractivity contribution is 0.561.